The second-order valence-corrected chi connectivity index (χ2v) is 5.78. The minimum Gasteiger partial charge on any atom is -0.299 e. The Morgan fingerprint density at radius 1 is 1.27 bits per heavy atom. The Kier molecular flexibility index (Phi) is 1.34. The second kappa shape index (κ2) is 2.17. The Morgan fingerprint density at radius 3 is 3.09 bits per heavy atom. The number of nitrogens with zero attached hydrogens (tertiary/aromatic N) is 1. The van der Waals surface area contributed by atoms with E-state index in [-0.39, 0.29) is 0 Å². The van der Waals surface area contributed by atoms with Gasteiger partial charge in [0.05, 0.1) is 0 Å². The van der Waals surface area contributed by atoms with Gasteiger partial charge in [-0.05, 0) is 32.7 Å². The smallest absolute Gasteiger partial charge is 0.0225 e. The van der Waals surface area contributed by atoms with Crippen LogP contribution in [0.25, 0.3) is 0 Å². The highest BCUT2D eigenvalue weighted by atomic mass is 32.2. The highest BCUT2D eigenvalue weighted by Gasteiger charge is 2.47. The number of piperidine rings is 2. The van der Waals surface area contributed by atoms with Gasteiger partial charge in [-0.2, -0.15) is 11.8 Å². The summed E-state index contributed by atoms with van der Waals surface area (Å²) >= 11 is 2.28. The Bertz CT molecular complexity index is 176. The standard InChI is InChI=1S/C9H15NS/c1-10-6-2-3-9-8(10)5-7(4-6)11-9/h6-9H,2-5H2,1H3. The van der Waals surface area contributed by atoms with Crippen LogP contribution in [-0.4, -0.2) is 34.5 Å². The van der Waals surface area contributed by atoms with Crippen molar-refractivity contribution in [3.8, 4) is 0 Å². The maximum atomic E-state index is 2.66. The molecule has 0 saturated carbocycles. The lowest BCUT2D eigenvalue weighted by Crippen LogP contribution is -2.50. The number of hydrogen-bond donors (Lipinski definition) is 0. The van der Waals surface area contributed by atoms with E-state index in [1.165, 1.54) is 25.7 Å². The zero-order valence-electron chi connectivity index (χ0n) is 6.99. The monoisotopic (exact) mass is 169 g/mol. The summed E-state index contributed by atoms with van der Waals surface area (Å²) < 4.78 is 0. The molecule has 3 aliphatic rings. The van der Waals surface area contributed by atoms with Crippen LogP contribution < -0.4 is 0 Å². The van der Waals surface area contributed by atoms with Gasteiger partial charge in [0.15, 0.2) is 0 Å². The van der Waals surface area contributed by atoms with Crippen molar-refractivity contribution in [2.24, 2.45) is 0 Å². The van der Waals surface area contributed by atoms with E-state index in [0.29, 0.717) is 0 Å². The van der Waals surface area contributed by atoms with Gasteiger partial charge in [0, 0.05) is 22.6 Å². The van der Waals surface area contributed by atoms with Gasteiger partial charge in [-0.15, -0.1) is 0 Å². The van der Waals surface area contributed by atoms with Gasteiger partial charge in [-0.25, -0.2) is 0 Å². The van der Waals surface area contributed by atoms with Crippen molar-refractivity contribution in [1.29, 1.82) is 0 Å². The van der Waals surface area contributed by atoms with Crippen LogP contribution >= 0.6 is 11.8 Å². The molecule has 1 nitrogen and oxygen atoms in total. The lowest BCUT2D eigenvalue weighted by molar-refractivity contribution is 0.0878. The van der Waals surface area contributed by atoms with Gasteiger partial charge in [-0.3, -0.25) is 4.90 Å². The fourth-order valence-electron chi connectivity index (χ4n) is 3.07. The predicted molar refractivity (Wildman–Crippen MR) is 49.0 cm³/mol. The summed E-state index contributed by atoms with van der Waals surface area (Å²) in [6.07, 6.45) is 5.94. The molecule has 2 heteroatoms. The van der Waals surface area contributed by atoms with Gasteiger partial charge in [0.25, 0.3) is 0 Å². The zero-order valence-corrected chi connectivity index (χ0v) is 7.81. The number of hydrogen-bond acceptors (Lipinski definition) is 2. The summed E-state index contributed by atoms with van der Waals surface area (Å²) in [7, 11) is 2.34. The molecule has 0 radical (unpaired) electrons. The molecule has 3 aliphatic heterocycles. The van der Waals surface area contributed by atoms with Crippen molar-refractivity contribution in [3.05, 3.63) is 0 Å². The molecular weight excluding hydrogens is 154 g/mol. The van der Waals surface area contributed by atoms with E-state index >= 15 is 0 Å². The summed E-state index contributed by atoms with van der Waals surface area (Å²) in [5.41, 5.74) is 0. The summed E-state index contributed by atoms with van der Waals surface area (Å²) in [6.45, 7) is 0. The molecule has 0 aromatic heterocycles. The summed E-state index contributed by atoms with van der Waals surface area (Å²) in [5.74, 6) is 0. The minimum absolute atomic E-state index is 0.949. The fraction of sp³-hybridized carbons (Fsp3) is 1.00. The molecule has 0 N–H and O–H groups in total. The molecule has 4 unspecified atom stereocenters. The zero-order chi connectivity index (χ0) is 7.42. The lowest BCUT2D eigenvalue weighted by Gasteiger charge is -2.42. The Labute approximate surface area is 72.5 Å². The molecule has 0 spiro atoms. The number of rotatable bonds is 0. The largest absolute Gasteiger partial charge is 0.299 e. The third-order valence-corrected chi connectivity index (χ3v) is 5.39. The van der Waals surface area contributed by atoms with Crippen molar-refractivity contribution in [1.82, 2.24) is 4.90 Å². The molecule has 3 saturated heterocycles. The maximum absolute atomic E-state index is 2.66. The van der Waals surface area contributed by atoms with Crippen molar-refractivity contribution in [3.63, 3.8) is 0 Å². The van der Waals surface area contributed by atoms with E-state index in [4.69, 9.17) is 0 Å². The third-order valence-electron chi connectivity index (χ3n) is 3.72. The lowest BCUT2D eigenvalue weighted by atomic mass is 9.85. The first-order valence-corrected chi connectivity index (χ1v) is 5.66. The maximum Gasteiger partial charge on any atom is 0.0225 e. The van der Waals surface area contributed by atoms with E-state index in [1.54, 1.807) is 0 Å². The molecule has 0 aromatic rings. The first-order chi connectivity index (χ1) is 5.34. The minimum atomic E-state index is 0.949. The summed E-state index contributed by atoms with van der Waals surface area (Å²) in [4.78, 5) is 2.66. The molecule has 3 heterocycles. The van der Waals surface area contributed by atoms with Gasteiger partial charge < -0.3 is 0 Å². The van der Waals surface area contributed by atoms with Gasteiger partial charge in [-0.1, -0.05) is 0 Å². The molecule has 3 fully saturated rings. The Balaban J connectivity index is 1.96. The van der Waals surface area contributed by atoms with Crippen molar-refractivity contribution < 1.29 is 0 Å². The van der Waals surface area contributed by atoms with Crippen LogP contribution in [0.15, 0.2) is 0 Å². The average Bonchev–Trinajstić information content (AvgIpc) is 2.19. The van der Waals surface area contributed by atoms with E-state index in [0.717, 1.165) is 22.6 Å². The molecule has 0 amide bonds. The molecular formula is C9H15NS. The SMILES string of the molecule is CN1C2CCC3SC(C2)CC31. The number of fused-ring (bicyclic) bond motifs is 2. The van der Waals surface area contributed by atoms with E-state index in [1.807, 2.05) is 0 Å². The van der Waals surface area contributed by atoms with E-state index in [2.05, 4.69) is 23.7 Å². The molecule has 3 rings (SSSR count). The van der Waals surface area contributed by atoms with Crippen LogP contribution in [-0.2, 0) is 0 Å². The second-order valence-electron chi connectivity index (χ2n) is 4.23. The molecule has 0 aliphatic carbocycles. The van der Waals surface area contributed by atoms with Crippen molar-refractivity contribution in [2.45, 2.75) is 48.3 Å². The van der Waals surface area contributed by atoms with Gasteiger partial charge in [0.2, 0.25) is 0 Å². The van der Waals surface area contributed by atoms with Gasteiger partial charge in [0.1, 0.15) is 0 Å². The van der Waals surface area contributed by atoms with Crippen molar-refractivity contribution in [2.75, 3.05) is 7.05 Å². The predicted octanol–water partition coefficient (Wildman–Crippen LogP) is 1.73. The highest BCUT2D eigenvalue weighted by molar-refractivity contribution is 8.00. The van der Waals surface area contributed by atoms with E-state index < -0.39 is 0 Å². The van der Waals surface area contributed by atoms with Crippen LogP contribution in [0.1, 0.15) is 25.7 Å². The van der Waals surface area contributed by atoms with Crippen LogP contribution in [0, 0.1) is 0 Å². The van der Waals surface area contributed by atoms with Crippen molar-refractivity contribution >= 4 is 11.8 Å². The first kappa shape index (κ1) is 6.79. The normalized spacial score (nSPS) is 55.4. The summed E-state index contributed by atoms with van der Waals surface area (Å²) in [5, 5.41) is 2.04. The Morgan fingerprint density at radius 2 is 2.18 bits per heavy atom. The topological polar surface area (TPSA) is 3.24 Å². The molecule has 0 aromatic carbocycles. The Hall–Kier alpha value is 0.310. The summed E-state index contributed by atoms with van der Waals surface area (Å²) in [6, 6.07) is 1.91. The van der Waals surface area contributed by atoms with E-state index in [9.17, 15) is 0 Å². The van der Waals surface area contributed by atoms with Crippen LogP contribution in [0.3, 0.4) is 0 Å². The van der Waals surface area contributed by atoms with Crippen LogP contribution in [0.2, 0.25) is 0 Å². The quantitative estimate of drug-likeness (QED) is 0.543. The van der Waals surface area contributed by atoms with Gasteiger partial charge >= 0.3 is 0 Å². The fourth-order valence-corrected chi connectivity index (χ4v) is 4.97. The number of thioether (sulfide) groups is 1. The third kappa shape index (κ3) is 0.829. The van der Waals surface area contributed by atoms with Crippen LogP contribution in [0.5, 0.6) is 0 Å². The average molecular weight is 169 g/mol. The molecule has 4 atom stereocenters. The molecule has 62 valence electrons. The molecule has 11 heavy (non-hydrogen) atoms. The first-order valence-electron chi connectivity index (χ1n) is 4.72. The molecule has 3 bridgehead atoms. The highest BCUT2D eigenvalue weighted by Crippen LogP contribution is 2.50. The van der Waals surface area contributed by atoms with Crippen LogP contribution in [0.4, 0.5) is 0 Å².